The minimum atomic E-state index is -0.709. The summed E-state index contributed by atoms with van der Waals surface area (Å²) in [5.41, 5.74) is 3.74. The number of hydrogen-bond donors (Lipinski definition) is 1. The standard InChI is InChI=1S/C17H19BrO2S/c1-10-9-13(18)11(2)15(17(10)20-3)16(19)12-7-5-6-8-14(12)21-4/h5-9,16,19H,1-4H3. The van der Waals surface area contributed by atoms with E-state index in [-0.39, 0.29) is 0 Å². The molecule has 0 bridgehead atoms. The Kier molecular flexibility index (Phi) is 5.36. The Balaban J connectivity index is 2.65. The fraction of sp³-hybridized carbons (Fsp3) is 0.294. The Morgan fingerprint density at radius 2 is 1.90 bits per heavy atom. The van der Waals surface area contributed by atoms with Crippen molar-refractivity contribution in [3.05, 3.63) is 57.1 Å². The molecule has 2 rings (SSSR count). The molecule has 0 radical (unpaired) electrons. The molecule has 1 unspecified atom stereocenters. The topological polar surface area (TPSA) is 29.5 Å². The van der Waals surface area contributed by atoms with Crippen molar-refractivity contribution in [1.29, 1.82) is 0 Å². The summed E-state index contributed by atoms with van der Waals surface area (Å²) in [6.07, 6.45) is 1.31. The van der Waals surface area contributed by atoms with Gasteiger partial charge in [-0.2, -0.15) is 0 Å². The highest BCUT2D eigenvalue weighted by Crippen LogP contribution is 2.40. The smallest absolute Gasteiger partial charge is 0.128 e. The summed E-state index contributed by atoms with van der Waals surface area (Å²) in [4.78, 5) is 1.07. The van der Waals surface area contributed by atoms with E-state index in [9.17, 15) is 5.11 Å². The maximum Gasteiger partial charge on any atom is 0.128 e. The fourth-order valence-electron chi connectivity index (χ4n) is 2.52. The van der Waals surface area contributed by atoms with Crippen LogP contribution in [0.4, 0.5) is 0 Å². The molecule has 1 atom stereocenters. The molecule has 4 heteroatoms. The summed E-state index contributed by atoms with van der Waals surface area (Å²) in [7, 11) is 1.65. The predicted molar refractivity (Wildman–Crippen MR) is 92.5 cm³/mol. The maximum atomic E-state index is 10.9. The van der Waals surface area contributed by atoms with Crippen LogP contribution in [0.5, 0.6) is 5.75 Å². The summed E-state index contributed by atoms with van der Waals surface area (Å²) >= 11 is 5.20. The van der Waals surface area contributed by atoms with Crippen molar-refractivity contribution in [3.8, 4) is 5.75 Å². The fourth-order valence-corrected chi connectivity index (χ4v) is 3.71. The second-order valence-electron chi connectivity index (χ2n) is 4.89. The van der Waals surface area contributed by atoms with Gasteiger partial charge in [-0.05, 0) is 48.9 Å². The van der Waals surface area contributed by atoms with Gasteiger partial charge >= 0.3 is 0 Å². The van der Waals surface area contributed by atoms with Crippen LogP contribution in [0.1, 0.15) is 28.4 Å². The average Bonchev–Trinajstić information content (AvgIpc) is 2.49. The third-order valence-electron chi connectivity index (χ3n) is 3.62. The molecule has 0 aliphatic carbocycles. The van der Waals surface area contributed by atoms with Crippen molar-refractivity contribution < 1.29 is 9.84 Å². The van der Waals surface area contributed by atoms with E-state index in [1.165, 1.54) is 0 Å². The molecular weight excluding hydrogens is 348 g/mol. The average molecular weight is 367 g/mol. The summed E-state index contributed by atoms with van der Waals surface area (Å²) in [5.74, 6) is 0.749. The van der Waals surface area contributed by atoms with Gasteiger partial charge < -0.3 is 9.84 Å². The molecule has 0 aliphatic heterocycles. The van der Waals surface area contributed by atoms with E-state index in [0.717, 1.165) is 37.4 Å². The lowest BCUT2D eigenvalue weighted by Gasteiger charge is -2.22. The number of hydrogen-bond acceptors (Lipinski definition) is 3. The Bertz CT molecular complexity index is 655. The van der Waals surface area contributed by atoms with E-state index in [1.54, 1.807) is 18.9 Å². The van der Waals surface area contributed by atoms with E-state index in [1.807, 2.05) is 50.4 Å². The van der Waals surface area contributed by atoms with Crippen LogP contribution in [0.15, 0.2) is 39.7 Å². The van der Waals surface area contributed by atoms with Crippen molar-refractivity contribution in [2.75, 3.05) is 13.4 Å². The number of rotatable bonds is 4. The third-order valence-corrected chi connectivity index (χ3v) is 5.25. The number of halogens is 1. The van der Waals surface area contributed by atoms with Gasteiger partial charge in [-0.25, -0.2) is 0 Å². The second kappa shape index (κ2) is 6.86. The highest BCUT2D eigenvalue weighted by molar-refractivity contribution is 9.10. The lowest BCUT2D eigenvalue weighted by atomic mass is 9.94. The van der Waals surface area contributed by atoms with Gasteiger partial charge in [-0.3, -0.25) is 0 Å². The van der Waals surface area contributed by atoms with Gasteiger partial charge in [-0.1, -0.05) is 34.1 Å². The van der Waals surface area contributed by atoms with Crippen LogP contribution >= 0.6 is 27.7 Å². The first-order valence-corrected chi connectivity index (χ1v) is 8.67. The quantitative estimate of drug-likeness (QED) is 0.782. The number of aliphatic hydroxyl groups excluding tert-OH is 1. The van der Waals surface area contributed by atoms with Crippen molar-refractivity contribution in [3.63, 3.8) is 0 Å². The number of ether oxygens (including phenoxy) is 1. The molecule has 0 heterocycles. The largest absolute Gasteiger partial charge is 0.496 e. The Labute approximate surface area is 138 Å². The normalized spacial score (nSPS) is 12.3. The lowest BCUT2D eigenvalue weighted by molar-refractivity contribution is 0.210. The molecule has 0 amide bonds. The molecular formula is C17H19BrO2S. The minimum absolute atomic E-state index is 0.709. The molecule has 21 heavy (non-hydrogen) atoms. The van der Waals surface area contributed by atoms with Crippen molar-refractivity contribution in [2.24, 2.45) is 0 Å². The second-order valence-corrected chi connectivity index (χ2v) is 6.59. The van der Waals surface area contributed by atoms with Gasteiger partial charge in [0.05, 0.1) is 7.11 Å². The van der Waals surface area contributed by atoms with E-state index in [0.29, 0.717) is 0 Å². The molecule has 2 aromatic carbocycles. The van der Waals surface area contributed by atoms with E-state index in [4.69, 9.17) is 4.74 Å². The van der Waals surface area contributed by atoms with E-state index < -0.39 is 6.10 Å². The summed E-state index contributed by atoms with van der Waals surface area (Å²) in [5, 5.41) is 10.9. The Morgan fingerprint density at radius 3 is 2.52 bits per heavy atom. The zero-order chi connectivity index (χ0) is 15.6. The van der Waals surface area contributed by atoms with E-state index >= 15 is 0 Å². The summed E-state index contributed by atoms with van der Waals surface area (Å²) < 4.78 is 6.52. The summed E-state index contributed by atoms with van der Waals surface area (Å²) in [6, 6.07) is 9.94. The van der Waals surface area contributed by atoms with Crippen LogP contribution in [-0.4, -0.2) is 18.5 Å². The SMILES string of the molecule is COc1c(C)cc(Br)c(C)c1C(O)c1ccccc1SC. The minimum Gasteiger partial charge on any atom is -0.496 e. The van der Waals surface area contributed by atoms with Gasteiger partial charge in [-0.15, -0.1) is 11.8 Å². The maximum absolute atomic E-state index is 10.9. The van der Waals surface area contributed by atoms with Crippen LogP contribution in [0.25, 0.3) is 0 Å². The van der Waals surface area contributed by atoms with Gasteiger partial charge in [0.2, 0.25) is 0 Å². The molecule has 2 nitrogen and oxygen atoms in total. The molecule has 2 aromatic rings. The summed E-state index contributed by atoms with van der Waals surface area (Å²) in [6.45, 7) is 3.98. The highest BCUT2D eigenvalue weighted by atomic mass is 79.9. The Morgan fingerprint density at radius 1 is 1.24 bits per heavy atom. The molecule has 0 spiro atoms. The van der Waals surface area contributed by atoms with Crippen LogP contribution in [0.3, 0.4) is 0 Å². The third kappa shape index (κ3) is 3.12. The van der Waals surface area contributed by atoms with Crippen LogP contribution < -0.4 is 4.74 Å². The molecule has 0 saturated heterocycles. The van der Waals surface area contributed by atoms with Crippen LogP contribution in [0, 0.1) is 13.8 Å². The van der Waals surface area contributed by atoms with E-state index in [2.05, 4.69) is 15.9 Å². The van der Waals surface area contributed by atoms with Gasteiger partial charge in [0.25, 0.3) is 0 Å². The molecule has 0 aromatic heterocycles. The first-order chi connectivity index (χ1) is 10.0. The van der Waals surface area contributed by atoms with Gasteiger partial charge in [0.15, 0.2) is 0 Å². The predicted octanol–water partition coefficient (Wildman–Crippen LogP) is 4.88. The molecule has 1 N–H and O–H groups in total. The number of aliphatic hydroxyl groups is 1. The number of aryl methyl sites for hydroxylation is 1. The molecule has 112 valence electrons. The first kappa shape index (κ1) is 16.4. The van der Waals surface area contributed by atoms with Crippen molar-refractivity contribution in [2.45, 2.75) is 24.8 Å². The monoisotopic (exact) mass is 366 g/mol. The van der Waals surface area contributed by atoms with Crippen molar-refractivity contribution in [1.82, 2.24) is 0 Å². The number of methoxy groups -OCH3 is 1. The highest BCUT2D eigenvalue weighted by Gasteiger charge is 2.23. The zero-order valence-corrected chi connectivity index (χ0v) is 15.0. The molecule has 0 saturated carbocycles. The number of thioether (sulfide) groups is 1. The Hall–Kier alpha value is -0.970. The zero-order valence-electron chi connectivity index (χ0n) is 12.6. The number of benzene rings is 2. The van der Waals surface area contributed by atoms with Gasteiger partial charge in [0, 0.05) is 14.9 Å². The molecule has 0 fully saturated rings. The lowest BCUT2D eigenvalue weighted by Crippen LogP contribution is -2.07. The van der Waals surface area contributed by atoms with Gasteiger partial charge in [0.1, 0.15) is 11.9 Å². The van der Waals surface area contributed by atoms with Crippen LogP contribution in [-0.2, 0) is 0 Å². The van der Waals surface area contributed by atoms with Crippen molar-refractivity contribution >= 4 is 27.7 Å². The van der Waals surface area contributed by atoms with Crippen LogP contribution in [0.2, 0.25) is 0 Å². The first-order valence-electron chi connectivity index (χ1n) is 6.65. The molecule has 0 aliphatic rings.